The molecule has 0 N–H and O–H groups in total. The Kier molecular flexibility index (Phi) is 5.10. The zero-order valence-electron chi connectivity index (χ0n) is 11.8. The topological polar surface area (TPSA) is 52.6 Å². The Morgan fingerprint density at radius 1 is 1.21 bits per heavy atom. The Labute approximate surface area is 113 Å². The maximum atomic E-state index is 12.2. The van der Waals surface area contributed by atoms with E-state index in [1.54, 1.807) is 20.8 Å². The van der Waals surface area contributed by atoms with Crippen molar-refractivity contribution in [3.05, 3.63) is 35.9 Å². The molecule has 0 saturated carbocycles. The number of hydrogen-bond donors (Lipinski definition) is 0. The molecule has 1 aromatic carbocycles. The minimum absolute atomic E-state index is 0.267. The summed E-state index contributed by atoms with van der Waals surface area (Å²) in [7, 11) is 0. The Balaban J connectivity index is 2.75. The van der Waals surface area contributed by atoms with E-state index >= 15 is 0 Å². The van der Waals surface area contributed by atoms with Gasteiger partial charge in [0, 0.05) is 0 Å². The molecule has 0 unspecified atom stereocenters. The van der Waals surface area contributed by atoms with Gasteiger partial charge in [-0.3, -0.25) is 4.79 Å². The molecule has 0 heterocycles. The molecule has 0 aliphatic rings. The molecule has 0 fully saturated rings. The molecule has 0 amide bonds. The normalized spacial score (nSPS) is 12.6. The zero-order valence-corrected chi connectivity index (χ0v) is 11.8. The summed E-state index contributed by atoms with van der Waals surface area (Å²) < 4.78 is 9.98. The second-order valence-corrected chi connectivity index (χ2v) is 4.79. The van der Waals surface area contributed by atoms with Crippen LogP contribution in [0.3, 0.4) is 0 Å². The molecule has 0 aromatic heterocycles. The standard InChI is InChI=1S/C15H20O4/c1-5-18-13(16)11(2)19-14(17)15(3,4)12-9-7-6-8-10-12/h6-11H,5H2,1-4H3/t11-/m0/s1. The molecular formula is C15H20O4. The summed E-state index contributed by atoms with van der Waals surface area (Å²) in [5.41, 5.74) is 0.0400. The van der Waals surface area contributed by atoms with Gasteiger partial charge in [-0.25, -0.2) is 4.79 Å². The lowest BCUT2D eigenvalue weighted by Gasteiger charge is -2.24. The van der Waals surface area contributed by atoms with E-state index in [1.165, 1.54) is 6.92 Å². The first-order valence-corrected chi connectivity index (χ1v) is 6.32. The minimum atomic E-state index is -0.893. The van der Waals surface area contributed by atoms with Gasteiger partial charge in [0.15, 0.2) is 6.10 Å². The molecule has 0 saturated heterocycles. The SMILES string of the molecule is CCOC(=O)[C@H](C)OC(=O)C(C)(C)c1ccccc1. The van der Waals surface area contributed by atoms with E-state index in [2.05, 4.69) is 0 Å². The van der Waals surface area contributed by atoms with E-state index in [0.29, 0.717) is 0 Å². The van der Waals surface area contributed by atoms with Crippen molar-refractivity contribution in [3.63, 3.8) is 0 Å². The van der Waals surface area contributed by atoms with E-state index in [1.807, 2.05) is 30.3 Å². The molecule has 0 spiro atoms. The lowest BCUT2D eigenvalue weighted by atomic mass is 9.85. The summed E-state index contributed by atoms with van der Waals surface area (Å²) in [6.45, 7) is 7.02. The van der Waals surface area contributed by atoms with Crippen molar-refractivity contribution in [2.75, 3.05) is 6.61 Å². The zero-order chi connectivity index (χ0) is 14.5. The first-order valence-electron chi connectivity index (χ1n) is 6.32. The third-order valence-electron chi connectivity index (χ3n) is 2.91. The van der Waals surface area contributed by atoms with Crippen molar-refractivity contribution < 1.29 is 19.1 Å². The number of rotatable bonds is 5. The second-order valence-electron chi connectivity index (χ2n) is 4.79. The molecule has 0 aliphatic heterocycles. The van der Waals surface area contributed by atoms with Crippen LogP contribution in [-0.4, -0.2) is 24.6 Å². The lowest BCUT2D eigenvalue weighted by Crippen LogP contribution is -2.36. The van der Waals surface area contributed by atoms with Crippen LogP contribution in [0, 0.1) is 0 Å². The highest BCUT2D eigenvalue weighted by Gasteiger charge is 2.34. The Bertz CT molecular complexity index is 437. The van der Waals surface area contributed by atoms with Crippen molar-refractivity contribution in [3.8, 4) is 0 Å². The van der Waals surface area contributed by atoms with Crippen LogP contribution in [0.4, 0.5) is 0 Å². The van der Waals surface area contributed by atoms with E-state index in [0.717, 1.165) is 5.56 Å². The highest BCUT2D eigenvalue weighted by Crippen LogP contribution is 2.25. The highest BCUT2D eigenvalue weighted by atomic mass is 16.6. The number of carbonyl (C=O) groups excluding carboxylic acids is 2. The first kappa shape index (κ1) is 15.2. The van der Waals surface area contributed by atoms with Gasteiger partial charge < -0.3 is 9.47 Å². The van der Waals surface area contributed by atoms with Gasteiger partial charge in [-0.05, 0) is 33.3 Å². The third kappa shape index (κ3) is 3.81. The van der Waals surface area contributed by atoms with Crippen LogP contribution >= 0.6 is 0 Å². The van der Waals surface area contributed by atoms with Gasteiger partial charge in [0.25, 0.3) is 0 Å². The number of ether oxygens (including phenoxy) is 2. The monoisotopic (exact) mass is 264 g/mol. The van der Waals surface area contributed by atoms with Gasteiger partial charge in [0.1, 0.15) is 0 Å². The van der Waals surface area contributed by atoms with Crippen LogP contribution in [0.15, 0.2) is 30.3 Å². The molecule has 19 heavy (non-hydrogen) atoms. The van der Waals surface area contributed by atoms with Gasteiger partial charge in [0.05, 0.1) is 12.0 Å². The van der Waals surface area contributed by atoms with Crippen LogP contribution < -0.4 is 0 Å². The number of hydrogen-bond acceptors (Lipinski definition) is 4. The van der Waals surface area contributed by atoms with Crippen molar-refractivity contribution in [1.29, 1.82) is 0 Å². The van der Waals surface area contributed by atoms with Crippen molar-refractivity contribution in [1.82, 2.24) is 0 Å². The molecule has 104 valence electrons. The van der Waals surface area contributed by atoms with Gasteiger partial charge in [-0.1, -0.05) is 30.3 Å². The van der Waals surface area contributed by atoms with Crippen molar-refractivity contribution in [2.24, 2.45) is 0 Å². The molecule has 0 radical (unpaired) electrons. The summed E-state index contributed by atoms with van der Waals surface area (Å²) in [4.78, 5) is 23.6. The van der Waals surface area contributed by atoms with Crippen LogP contribution in [0.5, 0.6) is 0 Å². The average molecular weight is 264 g/mol. The van der Waals surface area contributed by atoms with Gasteiger partial charge in [-0.2, -0.15) is 0 Å². The fourth-order valence-corrected chi connectivity index (χ4v) is 1.59. The maximum Gasteiger partial charge on any atom is 0.347 e. The Morgan fingerprint density at radius 3 is 2.32 bits per heavy atom. The van der Waals surface area contributed by atoms with E-state index in [9.17, 15) is 9.59 Å². The van der Waals surface area contributed by atoms with Crippen molar-refractivity contribution >= 4 is 11.9 Å². The summed E-state index contributed by atoms with van der Waals surface area (Å²) in [5, 5.41) is 0. The average Bonchev–Trinajstić information content (AvgIpc) is 2.39. The van der Waals surface area contributed by atoms with Crippen molar-refractivity contribution in [2.45, 2.75) is 39.2 Å². The molecule has 4 heteroatoms. The van der Waals surface area contributed by atoms with Crippen LogP contribution in [0.25, 0.3) is 0 Å². The smallest absolute Gasteiger partial charge is 0.347 e. The molecule has 1 aromatic rings. The van der Waals surface area contributed by atoms with E-state index in [-0.39, 0.29) is 6.61 Å². The minimum Gasteiger partial charge on any atom is -0.463 e. The van der Waals surface area contributed by atoms with E-state index < -0.39 is 23.5 Å². The molecular weight excluding hydrogens is 244 g/mol. The molecule has 4 nitrogen and oxygen atoms in total. The van der Waals surface area contributed by atoms with Crippen LogP contribution in [0.1, 0.15) is 33.3 Å². The maximum absolute atomic E-state index is 12.2. The fourth-order valence-electron chi connectivity index (χ4n) is 1.59. The summed E-state index contributed by atoms with van der Waals surface area (Å²) in [5.74, 6) is -0.973. The number of carbonyl (C=O) groups is 2. The highest BCUT2D eigenvalue weighted by molar-refractivity contribution is 5.85. The predicted molar refractivity (Wildman–Crippen MR) is 71.7 cm³/mol. The number of esters is 2. The largest absolute Gasteiger partial charge is 0.463 e. The van der Waals surface area contributed by atoms with Gasteiger partial charge in [-0.15, -0.1) is 0 Å². The molecule has 0 aliphatic carbocycles. The van der Waals surface area contributed by atoms with Crippen LogP contribution in [-0.2, 0) is 24.5 Å². The van der Waals surface area contributed by atoms with Gasteiger partial charge >= 0.3 is 11.9 Å². The predicted octanol–water partition coefficient (Wildman–Crippen LogP) is 2.46. The Morgan fingerprint density at radius 2 is 1.79 bits per heavy atom. The fraction of sp³-hybridized carbons (Fsp3) is 0.467. The molecule has 1 rings (SSSR count). The van der Waals surface area contributed by atoms with Gasteiger partial charge in [0.2, 0.25) is 0 Å². The lowest BCUT2D eigenvalue weighted by molar-refractivity contribution is -0.169. The summed E-state index contributed by atoms with van der Waals surface area (Å²) in [6, 6.07) is 9.32. The molecule has 0 bridgehead atoms. The third-order valence-corrected chi connectivity index (χ3v) is 2.91. The second kappa shape index (κ2) is 6.36. The van der Waals surface area contributed by atoms with Crippen LogP contribution in [0.2, 0.25) is 0 Å². The summed E-state index contributed by atoms with van der Waals surface area (Å²) >= 11 is 0. The Hall–Kier alpha value is -1.84. The molecule has 1 atom stereocenters. The first-order chi connectivity index (χ1) is 8.89. The quantitative estimate of drug-likeness (QED) is 0.767. The summed E-state index contributed by atoms with van der Waals surface area (Å²) in [6.07, 6.45) is -0.893. The number of benzene rings is 1. The van der Waals surface area contributed by atoms with E-state index in [4.69, 9.17) is 9.47 Å².